The molecule has 0 spiro atoms. The molecule has 2 atom stereocenters. The van der Waals surface area contributed by atoms with Crippen molar-refractivity contribution in [2.24, 2.45) is 0 Å². The molecule has 3 heterocycles. The second kappa shape index (κ2) is 12.6. The van der Waals surface area contributed by atoms with Gasteiger partial charge in [0.15, 0.2) is 5.82 Å². The fourth-order valence-corrected chi connectivity index (χ4v) is 4.72. The van der Waals surface area contributed by atoms with Crippen LogP contribution in [0.25, 0.3) is 17.1 Å². The van der Waals surface area contributed by atoms with Gasteiger partial charge in [-0.2, -0.15) is 0 Å². The molecular formula is C25H29N7O6S. The van der Waals surface area contributed by atoms with Crippen molar-refractivity contribution in [2.45, 2.75) is 25.5 Å². The summed E-state index contributed by atoms with van der Waals surface area (Å²) in [6.45, 7) is 1.92. The number of benzene rings is 1. The lowest BCUT2D eigenvalue weighted by Gasteiger charge is -2.25. The Labute approximate surface area is 227 Å². The van der Waals surface area contributed by atoms with Gasteiger partial charge in [0.1, 0.15) is 29.1 Å². The van der Waals surface area contributed by atoms with Gasteiger partial charge in [-0.3, -0.25) is 14.5 Å². The number of aromatic nitrogens is 6. The molecule has 0 aliphatic carbocycles. The first-order valence-electron chi connectivity index (χ1n) is 11.8. The number of thiol groups is 1. The Morgan fingerprint density at radius 1 is 0.949 bits per heavy atom. The van der Waals surface area contributed by atoms with Crippen LogP contribution in [0.5, 0.6) is 17.4 Å². The Balaban J connectivity index is 1.89. The maximum atomic E-state index is 11.9. The van der Waals surface area contributed by atoms with Gasteiger partial charge in [-0.1, -0.05) is 6.07 Å². The SMILES string of the molecule is COc1cnc([C@@H](OC)[C@H](Cc2nnc(-c3cncc(C)c3)n2-c2c(OC)cccc2OC)N[SH](=O)=O)cn1. The van der Waals surface area contributed by atoms with E-state index in [0.29, 0.717) is 46.0 Å². The summed E-state index contributed by atoms with van der Waals surface area (Å²) in [6, 6.07) is 6.47. The minimum Gasteiger partial charge on any atom is -0.494 e. The number of pyridine rings is 1. The molecule has 0 aliphatic heterocycles. The van der Waals surface area contributed by atoms with Gasteiger partial charge in [-0.25, -0.2) is 18.1 Å². The number of rotatable bonds is 12. The van der Waals surface area contributed by atoms with Crippen LogP contribution in [0.3, 0.4) is 0 Å². The highest BCUT2D eigenvalue weighted by Crippen LogP contribution is 2.37. The minimum atomic E-state index is -3.02. The lowest BCUT2D eigenvalue weighted by molar-refractivity contribution is 0.0708. The van der Waals surface area contributed by atoms with Crippen LogP contribution in [0.1, 0.15) is 23.2 Å². The van der Waals surface area contributed by atoms with Crippen molar-refractivity contribution in [3.8, 4) is 34.5 Å². The number of para-hydroxylation sites is 1. The van der Waals surface area contributed by atoms with Crippen LogP contribution in [-0.4, -0.2) is 72.6 Å². The Hall–Kier alpha value is -4.14. The van der Waals surface area contributed by atoms with Gasteiger partial charge in [-0.15, -0.1) is 10.2 Å². The van der Waals surface area contributed by atoms with E-state index in [4.69, 9.17) is 18.9 Å². The molecule has 0 fully saturated rings. The summed E-state index contributed by atoms with van der Waals surface area (Å²) in [5, 5.41) is 8.93. The number of hydrogen-bond acceptors (Lipinski definition) is 11. The van der Waals surface area contributed by atoms with E-state index in [2.05, 4.69) is 29.9 Å². The van der Waals surface area contributed by atoms with E-state index in [9.17, 15) is 8.42 Å². The molecule has 0 saturated heterocycles. The van der Waals surface area contributed by atoms with Crippen molar-refractivity contribution in [3.63, 3.8) is 0 Å². The van der Waals surface area contributed by atoms with Gasteiger partial charge < -0.3 is 18.9 Å². The van der Waals surface area contributed by atoms with Crippen LogP contribution in [0.2, 0.25) is 0 Å². The molecule has 4 rings (SSSR count). The zero-order valence-corrected chi connectivity index (χ0v) is 23.0. The molecule has 14 heteroatoms. The molecule has 1 aromatic carbocycles. The second-order valence-electron chi connectivity index (χ2n) is 8.37. The molecule has 0 radical (unpaired) electrons. The molecule has 0 unspecified atom stereocenters. The molecule has 4 aromatic rings. The summed E-state index contributed by atoms with van der Waals surface area (Å²) in [5.41, 5.74) is 2.57. The highest BCUT2D eigenvalue weighted by Gasteiger charge is 2.30. The average molecular weight is 556 g/mol. The van der Waals surface area contributed by atoms with Crippen molar-refractivity contribution in [1.82, 2.24) is 34.4 Å². The topological polar surface area (TPSA) is 152 Å². The number of hydrogen-bond donors (Lipinski definition) is 2. The van der Waals surface area contributed by atoms with E-state index < -0.39 is 23.0 Å². The smallest absolute Gasteiger partial charge is 0.231 e. The van der Waals surface area contributed by atoms with Crippen molar-refractivity contribution in [1.29, 1.82) is 0 Å². The predicted octanol–water partition coefficient (Wildman–Crippen LogP) is 1.87. The molecule has 13 nitrogen and oxygen atoms in total. The summed E-state index contributed by atoms with van der Waals surface area (Å²) in [5.74, 6) is 2.19. The molecule has 0 bridgehead atoms. The lowest BCUT2D eigenvalue weighted by Crippen LogP contribution is -2.38. The number of nitrogens with zero attached hydrogens (tertiary/aromatic N) is 6. The third kappa shape index (κ3) is 6.13. The van der Waals surface area contributed by atoms with E-state index in [0.717, 1.165) is 5.56 Å². The van der Waals surface area contributed by atoms with Crippen LogP contribution in [0, 0.1) is 6.92 Å². The normalized spacial score (nSPS) is 12.8. The van der Waals surface area contributed by atoms with Crippen LogP contribution < -0.4 is 18.9 Å². The Morgan fingerprint density at radius 2 is 1.69 bits per heavy atom. The first-order valence-corrected chi connectivity index (χ1v) is 12.9. The van der Waals surface area contributed by atoms with Gasteiger partial charge in [-0.05, 0) is 30.7 Å². The Bertz CT molecular complexity index is 1460. The first kappa shape index (κ1) is 27.9. The van der Waals surface area contributed by atoms with E-state index in [1.54, 1.807) is 49.4 Å². The fourth-order valence-electron chi connectivity index (χ4n) is 4.22. The zero-order chi connectivity index (χ0) is 27.9. The maximum Gasteiger partial charge on any atom is 0.231 e. The van der Waals surface area contributed by atoms with Crippen molar-refractivity contribution in [3.05, 3.63) is 66.1 Å². The Kier molecular flexibility index (Phi) is 9.01. The zero-order valence-electron chi connectivity index (χ0n) is 22.1. The van der Waals surface area contributed by atoms with Crippen LogP contribution in [-0.2, 0) is 22.0 Å². The summed E-state index contributed by atoms with van der Waals surface area (Å²) >= 11 is 0. The predicted molar refractivity (Wildman–Crippen MR) is 142 cm³/mol. The fraction of sp³-hybridized carbons (Fsp3) is 0.320. The lowest BCUT2D eigenvalue weighted by atomic mass is 10.0. The molecule has 3 aromatic heterocycles. The number of ether oxygens (including phenoxy) is 4. The van der Waals surface area contributed by atoms with Gasteiger partial charge in [0.25, 0.3) is 0 Å². The number of nitrogens with one attached hydrogen (secondary N) is 1. The summed E-state index contributed by atoms with van der Waals surface area (Å²) < 4.78 is 50.3. The highest BCUT2D eigenvalue weighted by molar-refractivity contribution is 7.70. The van der Waals surface area contributed by atoms with E-state index in [-0.39, 0.29) is 6.42 Å². The maximum absolute atomic E-state index is 11.9. The minimum absolute atomic E-state index is 0.0585. The average Bonchev–Trinajstić information content (AvgIpc) is 3.35. The third-order valence-electron chi connectivity index (χ3n) is 5.93. The Morgan fingerprint density at radius 3 is 2.26 bits per heavy atom. The van der Waals surface area contributed by atoms with Gasteiger partial charge >= 0.3 is 0 Å². The standard InChI is InChI=1S/C25H29N7O6S/c1-15-9-16(12-26-11-15)25-30-29-21(32(25)23-19(35-2)7-6-8-20(23)36-3)10-17(31-39(33)34)24(38-5)18-13-28-22(37-4)14-27-18/h6-9,11-14,17,24,39H,10H2,1-5H3,(H,31,33,34)/t17-,24-/m0/s1. The van der Waals surface area contributed by atoms with Gasteiger partial charge in [0, 0.05) is 31.5 Å². The molecule has 0 aliphatic rings. The molecule has 206 valence electrons. The van der Waals surface area contributed by atoms with Crippen molar-refractivity contribution >= 4 is 10.9 Å². The molecule has 0 saturated carbocycles. The van der Waals surface area contributed by atoms with E-state index >= 15 is 0 Å². The van der Waals surface area contributed by atoms with Crippen LogP contribution in [0.15, 0.2) is 49.1 Å². The quantitative estimate of drug-likeness (QED) is 0.246. The molecule has 1 N–H and O–H groups in total. The number of methoxy groups -OCH3 is 4. The summed E-state index contributed by atoms with van der Waals surface area (Å²) in [6.07, 6.45) is 5.55. The van der Waals surface area contributed by atoms with Crippen LogP contribution >= 0.6 is 0 Å². The largest absolute Gasteiger partial charge is 0.494 e. The monoisotopic (exact) mass is 555 g/mol. The summed E-state index contributed by atoms with van der Waals surface area (Å²) in [4.78, 5) is 12.8. The van der Waals surface area contributed by atoms with Gasteiger partial charge in [0.2, 0.25) is 16.8 Å². The van der Waals surface area contributed by atoms with Crippen molar-refractivity contribution in [2.75, 3.05) is 28.4 Å². The van der Waals surface area contributed by atoms with Crippen LogP contribution in [0.4, 0.5) is 0 Å². The van der Waals surface area contributed by atoms with Gasteiger partial charge in [0.05, 0.1) is 45.5 Å². The number of aryl methyl sites for hydroxylation is 1. The van der Waals surface area contributed by atoms with E-state index in [1.165, 1.54) is 26.6 Å². The molecule has 39 heavy (non-hydrogen) atoms. The molecule has 0 amide bonds. The van der Waals surface area contributed by atoms with E-state index in [1.807, 2.05) is 13.0 Å². The highest BCUT2D eigenvalue weighted by atomic mass is 32.2. The first-order chi connectivity index (χ1) is 18.9. The van der Waals surface area contributed by atoms with Crippen molar-refractivity contribution < 1.29 is 27.4 Å². The third-order valence-corrected chi connectivity index (χ3v) is 6.47. The summed E-state index contributed by atoms with van der Waals surface area (Å²) in [7, 11) is 3.01. The second-order valence-corrected chi connectivity index (χ2v) is 9.15. The molecular weight excluding hydrogens is 526 g/mol.